The zero-order chi connectivity index (χ0) is 15.8. The van der Waals surface area contributed by atoms with Gasteiger partial charge in [-0.1, -0.05) is 30.3 Å². The molecule has 7 nitrogen and oxygen atoms in total. The van der Waals surface area contributed by atoms with Crippen molar-refractivity contribution in [2.24, 2.45) is 0 Å². The van der Waals surface area contributed by atoms with E-state index in [1.807, 2.05) is 6.07 Å². The van der Waals surface area contributed by atoms with Crippen molar-refractivity contribution in [2.45, 2.75) is 12.5 Å². The van der Waals surface area contributed by atoms with E-state index in [1.165, 1.54) is 0 Å². The summed E-state index contributed by atoms with van der Waals surface area (Å²) in [5.74, 6) is -0.926. The second kappa shape index (κ2) is 7.94. The van der Waals surface area contributed by atoms with Gasteiger partial charge in [-0.15, -0.1) is 0 Å². The fraction of sp³-hybridized carbons (Fsp3) is 0.267. The number of hydrogen-bond donors (Lipinski definition) is 4. The van der Waals surface area contributed by atoms with Crippen LogP contribution in [0, 0.1) is 0 Å². The Hall–Kier alpha value is -2.67. The Morgan fingerprint density at radius 1 is 1.27 bits per heavy atom. The molecule has 4 N–H and O–H groups in total. The topological polar surface area (TPSA) is 107 Å². The molecule has 22 heavy (non-hydrogen) atoms. The molecule has 0 radical (unpaired) electrons. The average Bonchev–Trinajstić information content (AvgIpc) is 3.06. The Morgan fingerprint density at radius 2 is 2.05 bits per heavy atom. The number of imidazole rings is 1. The van der Waals surface area contributed by atoms with Crippen LogP contribution in [0.25, 0.3) is 0 Å². The first kappa shape index (κ1) is 15.7. The number of aromatic nitrogens is 2. The van der Waals surface area contributed by atoms with Gasteiger partial charge >= 0.3 is 0 Å². The van der Waals surface area contributed by atoms with E-state index in [2.05, 4.69) is 20.6 Å². The van der Waals surface area contributed by atoms with E-state index in [4.69, 9.17) is 5.11 Å². The smallest absolute Gasteiger partial charge is 0.247 e. The highest BCUT2D eigenvalue weighted by Gasteiger charge is 2.21. The fourth-order valence-electron chi connectivity index (χ4n) is 2.00. The third-order valence-electron chi connectivity index (χ3n) is 3.09. The third kappa shape index (κ3) is 4.42. The van der Waals surface area contributed by atoms with Crippen LogP contribution in [-0.2, 0) is 16.0 Å². The van der Waals surface area contributed by atoms with E-state index in [-0.39, 0.29) is 5.91 Å². The molecule has 1 aromatic heterocycles. The molecule has 7 heteroatoms. The number of hydrogen-bond acceptors (Lipinski definition) is 4. The van der Waals surface area contributed by atoms with Crippen LogP contribution in [0.3, 0.4) is 0 Å². The second-order valence-corrected chi connectivity index (χ2v) is 4.69. The number of carbonyl (C=O) groups is 2. The Labute approximate surface area is 127 Å². The van der Waals surface area contributed by atoms with Crippen LogP contribution in [-0.4, -0.2) is 40.0 Å². The Bertz CT molecular complexity index is 599. The van der Waals surface area contributed by atoms with Crippen LogP contribution in [0.4, 0.5) is 0 Å². The van der Waals surface area contributed by atoms with Crippen molar-refractivity contribution < 1.29 is 14.7 Å². The predicted molar refractivity (Wildman–Crippen MR) is 79.7 cm³/mol. The first-order chi connectivity index (χ1) is 10.7. The summed E-state index contributed by atoms with van der Waals surface area (Å²) in [6.07, 6.45) is 3.88. The van der Waals surface area contributed by atoms with Gasteiger partial charge in [0.05, 0.1) is 6.33 Å². The Kier molecular flexibility index (Phi) is 5.67. The van der Waals surface area contributed by atoms with E-state index in [0.29, 0.717) is 18.5 Å². The van der Waals surface area contributed by atoms with Crippen molar-refractivity contribution in [2.75, 3.05) is 13.2 Å². The van der Waals surface area contributed by atoms with Crippen molar-refractivity contribution in [3.63, 3.8) is 0 Å². The second-order valence-electron chi connectivity index (χ2n) is 4.69. The lowest BCUT2D eigenvalue weighted by Crippen LogP contribution is -2.42. The van der Waals surface area contributed by atoms with E-state index in [1.54, 1.807) is 36.8 Å². The lowest BCUT2D eigenvalue weighted by Gasteiger charge is -2.18. The molecule has 1 heterocycles. The molecule has 0 unspecified atom stereocenters. The van der Waals surface area contributed by atoms with Crippen LogP contribution < -0.4 is 10.6 Å². The van der Waals surface area contributed by atoms with Crippen LogP contribution in [0.2, 0.25) is 0 Å². The first-order valence-electron chi connectivity index (χ1n) is 6.91. The van der Waals surface area contributed by atoms with E-state index < -0.39 is 18.6 Å². The molecule has 116 valence electrons. The molecule has 0 spiro atoms. The molecule has 1 aromatic carbocycles. The van der Waals surface area contributed by atoms with Gasteiger partial charge in [0.2, 0.25) is 11.8 Å². The summed E-state index contributed by atoms with van der Waals surface area (Å²) < 4.78 is 0. The van der Waals surface area contributed by atoms with Gasteiger partial charge in [0.1, 0.15) is 12.6 Å². The first-order valence-corrected chi connectivity index (χ1v) is 6.91. The SMILES string of the molecule is O=C(CO)N[C@@H](C(=O)NCCc1cnc[nH]1)c1ccccc1. The minimum atomic E-state index is -0.831. The van der Waals surface area contributed by atoms with Crippen LogP contribution in [0.1, 0.15) is 17.3 Å². The summed E-state index contributed by atoms with van der Waals surface area (Å²) >= 11 is 0. The average molecular weight is 302 g/mol. The molecule has 0 aliphatic heterocycles. The molecule has 0 saturated carbocycles. The summed E-state index contributed by atoms with van der Waals surface area (Å²) in [6.45, 7) is -0.246. The molecule has 2 rings (SSSR count). The summed E-state index contributed by atoms with van der Waals surface area (Å²) in [7, 11) is 0. The van der Waals surface area contributed by atoms with E-state index in [9.17, 15) is 9.59 Å². The maximum atomic E-state index is 12.3. The van der Waals surface area contributed by atoms with Gasteiger partial charge in [-0.2, -0.15) is 0 Å². The molecule has 0 aliphatic rings. The molecular formula is C15H18N4O3. The predicted octanol–water partition coefficient (Wildman–Crippen LogP) is -0.0818. The number of carbonyl (C=O) groups excluding carboxylic acids is 2. The number of aliphatic hydroxyl groups is 1. The fourth-order valence-corrected chi connectivity index (χ4v) is 2.00. The number of aromatic amines is 1. The zero-order valence-corrected chi connectivity index (χ0v) is 12.0. The van der Waals surface area contributed by atoms with Gasteiger partial charge < -0.3 is 20.7 Å². The highest BCUT2D eigenvalue weighted by molar-refractivity contribution is 5.88. The van der Waals surface area contributed by atoms with Crippen molar-refractivity contribution in [1.29, 1.82) is 0 Å². The van der Waals surface area contributed by atoms with Gasteiger partial charge in [-0.05, 0) is 5.56 Å². The number of nitrogens with zero attached hydrogens (tertiary/aromatic N) is 1. The minimum absolute atomic E-state index is 0.326. The highest BCUT2D eigenvalue weighted by Crippen LogP contribution is 2.12. The van der Waals surface area contributed by atoms with Gasteiger partial charge in [0, 0.05) is 24.9 Å². The number of nitrogens with one attached hydrogen (secondary N) is 3. The van der Waals surface area contributed by atoms with Gasteiger partial charge in [0.15, 0.2) is 0 Å². The molecule has 2 amide bonds. The monoisotopic (exact) mass is 302 g/mol. The van der Waals surface area contributed by atoms with Crippen molar-refractivity contribution in [3.05, 3.63) is 54.1 Å². The van der Waals surface area contributed by atoms with Gasteiger partial charge in [0.25, 0.3) is 0 Å². The highest BCUT2D eigenvalue weighted by atomic mass is 16.3. The molecule has 0 fully saturated rings. The molecular weight excluding hydrogens is 284 g/mol. The maximum absolute atomic E-state index is 12.3. The van der Waals surface area contributed by atoms with Crippen molar-refractivity contribution in [1.82, 2.24) is 20.6 Å². The number of benzene rings is 1. The summed E-state index contributed by atoms with van der Waals surface area (Å²) in [6, 6.07) is 8.05. The summed E-state index contributed by atoms with van der Waals surface area (Å²) in [5.41, 5.74) is 1.57. The van der Waals surface area contributed by atoms with Gasteiger partial charge in [-0.25, -0.2) is 4.98 Å². The van der Waals surface area contributed by atoms with Crippen LogP contribution in [0.15, 0.2) is 42.9 Å². The molecule has 0 aliphatic carbocycles. The lowest BCUT2D eigenvalue weighted by molar-refractivity contribution is -0.130. The third-order valence-corrected chi connectivity index (χ3v) is 3.09. The number of amides is 2. The molecule has 2 aromatic rings. The van der Waals surface area contributed by atoms with Crippen molar-refractivity contribution >= 4 is 11.8 Å². The number of aliphatic hydroxyl groups excluding tert-OH is 1. The normalized spacial score (nSPS) is 11.7. The van der Waals surface area contributed by atoms with E-state index in [0.717, 1.165) is 5.69 Å². The largest absolute Gasteiger partial charge is 0.387 e. The quantitative estimate of drug-likeness (QED) is 0.574. The Morgan fingerprint density at radius 3 is 2.68 bits per heavy atom. The maximum Gasteiger partial charge on any atom is 0.247 e. The Balaban J connectivity index is 1.97. The van der Waals surface area contributed by atoms with Crippen LogP contribution >= 0.6 is 0 Å². The summed E-state index contributed by atoms with van der Waals surface area (Å²) in [5, 5.41) is 14.1. The minimum Gasteiger partial charge on any atom is -0.387 e. The van der Waals surface area contributed by atoms with Gasteiger partial charge in [-0.3, -0.25) is 9.59 Å². The van der Waals surface area contributed by atoms with E-state index >= 15 is 0 Å². The standard InChI is InChI=1S/C15H18N4O3/c20-9-13(21)19-14(11-4-2-1-3-5-11)15(22)17-7-6-12-8-16-10-18-12/h1-5,8,10,14,20H,6-7,9H2,(H,16,18)(H,17,22)(H,19,21)/t14-/m1/s1. The van der Waals surface area contributed by atoms with Crippen molar-refractivity contribution in [3.8, 4) is 0 Å². The molecule has 0 saturated heterocycles. The van der Waals surface area contributed by atoms with Crippen LogP contribution in [0.5, 0.6) is 0 Å². The number of rotatable bonds is 7. The lowest BCUT2D eigenvalue weighted by atomic mass is 10.1. The summed E-state index contributed by atoms with van der Waals surface area (Å²) in [4.78, 5) is 30.5. The molecule has 1 atom stereocenters. The zero-order valence-electron chi connectivity index (χ0n) is 12.0. The number of H-pyrrole nitrogens is 1. The molecule has 0 bridgehead atoms.